The normalized spacial score (nSPS) is 13.5. The molecule has 11 heteroatoms. The molecule has 0 spiro atoms. The van der Waals surface area contributed by atoms with Gasteiger partial charge in [0.2, 0.25) is 0 Å². The van der Waals surface area contributed by atoms with Gasteiger partial charge in [-0.2, -0.15) is 10.1 Å². The Kier molecular flexibility index (Phi) is 8.78. The molecule has 41 heavy (non-hydrogen) atoms. The lowest BCUT2D eigenvalue weighted by Gasteiger charge is -2.14. The number of amides is 2. The number of rotatable bonds is 10. The maximum atomic E-state index is 13.1. The maximum Gasteiger partial charge on any atom is 0.339 e. The summed E-state index contributed by atoms with van der Waals surface area (Å²) in [4.78, 5) is 48.8. The lowest BCUT2D eigenvalue weighted by Crippen LogP contribution is -2.22. The number of esters is 1. The summed E-state index contributed by atoms with van der Waals surface area (Å²) in [5.74, 6) is -1.82. The number of carboxylic acid groups (broad SMARTS) is 1. The molecular weight excluding hydrogens is 530 g/mol. The molecule has 11 nitrogen and oxygen atoms in total. The van der Waals surface area contributed by atoms with Crippen LogP contribution in [0.1, 0.15) is 40.1 Å². The number of nitrogens with zero attached hydrogens (tertiary/aromatic N) is 2. The van der Waals surface area contributed by atoms with Gasteiger partial charge in [-0.25, -0.2) is 9.59 Å². The minimum Gasteiger partial charge on any atom is -0.490 e. The first kappa shape index (κ1) is 28.6. The molecule has 210 valence electrons. The lowest BCUT2D eigenvalue weighted by atomic mass is 10.1. The highest BCUT2D eigenvalue weighted by Gasteiger charge is 2.29. The highest BCUT2D eigenvalue weighted by atomic mass is 16.5. The summed E-state index contributed by atoms with van der Waals surface area (Å²) in [6.07, 6.45) is 1.66. The second-order valence-electron chi connectivity index (χ2n) is 8.73. The molecule has 1 aliphatic heterocycles. The Balaban J connectivity index is 1.48. The van der Waals surface area contributed by atoms with E-state index in [1.807, 2.05) is 0 Å². The van der Waals surface area contributed by atoms with Crippen LogP contribution in [0.5, 0.6) is 11.5 Å². The van der Waals surface area contributed by atoms with Crippen molar-refractivity contribution in [2.75, 3.05) is 30.6 Å². The highest BCUT2D eigenvalue weighted by molar-refractivity contribution is 6.32. The van der Waals surface area contributed by atoms with Gasteiger partial charge < -0.3 is 24.6 Å². The van der Waals surface area contributed by atoms with Crippen LogP contribution in [0, 0.1) is 0 Å². The average molecular weight is 558 g/mol. The standard InChI is InChI=1S/C30H27N3O8/c1-4-40-26-16-19(15-23-18(2)32-33(28(23)35)21-12-10-20(11-13-21)29(36)37)9-14-25(26)41-17-27(34)31-24-8-6-5-7-22(24)30(38)39-3/h5-16H,4,17H2,1-3H3,(H,31,34)(H,36,37). The summed E-state index contributed by atoms with van der Waals surface area (Å²) in [6.45, 7) is 3.48. The van der Waals surface area contributed by atoms with E-state index in [-0.39, 0.29) is 23.6 Å². The quantitative estimate of drug-likeness (QED) is 0.276. The summed E-state index contributed by atoms with van der Waals surface area (Å²) in [5.41, 5.74) is 2.53. The SMILES string of the molecule is CCOc1cc(C=C2C(=O)N(c3ccc(C(=O)O)cc3)N=C2C)ccc1OCC(=O)Nc1ccccc1C(=O)OC. The maximum absolute atomic E-state index is 13.1. The second-order valence-corrected chi connectivity index (χ2v) is 8.73. The van der Waals surface area contributed by atoms with Gasteiger partial charge in [0.1, 0.15) is 0 Å². The first-order valence-electron chi connectivity index (χ1n) is 12.5. The summed E-state index contributed by atoms with van der Waals surface area (Å²) in [6, 6.07) is 17.3. The van der Waals surface area contributed by atoms with E-state index < -0.39 is 17.8 Å². The number of ether oxygens (including phenoxy) is 3. The molecule has 1 heterocycles. The van der Waals surface area contributed by atoms with E-state index in [0.29, 0.717) is 46.3 Å². The van der Waals surface area contributed by atoms with Crippen molar-refractivity contribution < 1.29 is 38.5 Å². The van der Waals surface area contributed by atoms with Crippen molar-refractivity contribution in [2.24, 2.45) is 5.10 Å². The predicted octanol–water partition coefficient (Wildman–Crippen LogP) is 4.39. The van der Waals surface area contributed by atoms with E-state index in [0.717, 1.165) is 0 Å². The fourth-order valence-corrected chi connectivity index (χ4v) is 3.98. The third-order valence-electron chi connectivity index (χ3n) is 5.97. The van der Waals surface area contributed by atoms with Crippen molar-refractivity contribution in [3.05, 3.63) is 89.0 Å². The Labute approximate surface area is 235 Å². The Bertz CT molecular complexity index is 1560. The van der Waals surface area contributed by atoms with Crippen molar-refractivity contribution in [1.82, 2.24) is 0 Å². The first-order valence-corrected chi connectivity index (χ1v) is 12.5. The molecule has 3 aromatic carbocycles. The van der Waals surface area contributed by atoms with Crippen LogP contribution < -0.4 is 19.8 Å². The average Bonchev–Trinajstić information content (AvgIpc) is 3.25. The van der Waals surface area contributed by atoms with Gasteiger partial charge in [0.05, 0.1) is 47.5 Å². The molecule has 4 rings (SSSR count). The van der Waals surface area contributed by atoms with Gasteiger partial charge in [0.15, 0.2) is 18.1 Å². The summed E-state index contributed by atoms with van der Waals surface area (Å²) in [5, 5.41) is 17.3. The fourth-order valence-electron chi connectivity index (χ4n) is 3.98. The van der Waals surface area contributed by atoms with Crippen LogP contribution in [-0.4, -0.2) is 54.9 Å². The number of nitrogens with one attached hydrogen (secondary N) is 1. The topological polar surface area (TPSA) is 144 Å². The summed E-state index contributed by atoms with van der Waals surface area (Å²) < 4.78 is 16.2. The minimum atomic E-state index is -1.06. The van der Waals surface area contributed by atoms with Crippen molar-refractivity contribution >= 4 is 46.9 Å². The van der Waals surface area contributed by atoms with E-state index >= 15 is 0 Å². The number of anilines is 2. The van der Waals surface area contributed by atoms with E-state index in [1.54, 1.807) is 62.4 Å². The molecule has 0 aliphatic carbocycles. The fraction of sp³-hybridized carbons (Fsp3) is 0.167. The number of carboxylic acids is 1. The highest BCUT2D eigenvalue weighted by Crippen LogP contribution is 2.31. The molecule has 0 fully saturated rings. The zero-order valence-corrected chi connectivity index (χ0v) is 22.5. The van der Waals surface area contributed by atoms with Gasteiger partial charge in [-0.1, -0.05) is 18.2 Å². The van der Waals surface area contributed by atoms with E-state index in [2.05, 4.69) is 10.4 Å². The number of aromatic carboxylic acids is 1. The van der Waals surface area contributed by atoms with Crippen molar-refractivity contribution in [1.29, 1.82) is 0 Å². The third kappa shape index (κ3) is 6.59. The monoisotopic (exact) mass is 557 g/mol. The smallest absolute Gasteiger partial charge is 0.339 e. The zero-order chi connectivity index (χ0) is 29.5. The van der Waals surface area contributed by atoms with Gasteiger partial charge in [0.25, 0.3) is 11.8 Å². The Hall–Kier alpha value is -5.45. The molecule has 0 radical (unpaired) electrons. The number of hydrogen-bond donors (Lipinski definition) is 2. The lowest BCUT2D eigenvalue weighted by molar-refractivity contribution is -0.118. The van der Waals surface area contributed by atoms with Crippen LogP contribution in [0.3, 0.4) is 0 Å². The van der Waals surface area contributed by atoms with Crippen LogP contribution in [-0.2, 0) is 14.3 Å². The minimum absolute atomic E-state index is 0.103. The number of benzene rings is 3. The van der Waals surface area contributed by atoms with Gasteiger partial charge >= 0.3 is 11.9 Å². The van der Waals surface area contributed by atoms with E-state index in [9.17, 15) is 19.2 Å². The van der Waals surface area contributed by atoms with Crippen LogP contribution in [0.2, 0.25) is 0 Å². The van der Waals surface area contributed by atoms with Crippen LogP contribution in [0.4, 0.5) is 11.4 Å². The number of para-hydroxylation sites is 1. The molecule has 0 atom stereocenters. The molecule has 0 aromatic heterocycles. The zero-order valence-electron chi connectivity index (χ0n) is 22.5. The Morgan fingerprint density at radius 3 is 2.41 bits per heavy atom. The van der Waals surface area contributed by atoms with Crippen LogP contribution in [0.15, 0.2) is 77.4 Å². The number of carbonyl (C=O) groups is 4. The van der Waals surface area contributed by atoms with E-state index in [1.165, 1.54) is 36.4 Å². The molecule has 2 amide bonds. The molecular formula is C30H27N3O8. The molecule has 3 aromatic rings. The Morgan fingerprint density at radius 1 is 1.00 bits per heavy atom. The van der Waals surface area contributed by atoms with Gasteiger partial charge in [0, 0.05) is 0 Å². The molecule has 0 saturated heterocycles. The summed E-state index contributed by atoms with van der Waals surface area (Å²) in [7, 11) is 1.26. The number of hydrazone groups is 1. The number of carbonyl (C=O) groups excluding carboxylic acids is 3. The van der Waals surface area contributed by atoms with Gasteiger partial charge in [-0.15, -0.1) is 0 Å². The largest absolute Gasteiger partial charge is 0.490 e. The molecule has 0 saturated carbocycles. The Morgan fingerprint density at radius 2 is 1.73 bits per heavy atom. The van der Waals surface area contributed by atoms with Crippen molar-refractivity contribution in [3.8, 4) is 11.5 Å². The van der Waals surface area contributed by atoms with Crippen molar-refractivity contribution in [3.63, 3.8) is 0 Å². The summed E-state index contributed by atoms with van der Waals surface area (Å²) >= 11 is 0. The van der Waals surface area contributed by atoms with Gasteiger partial charge in [-0.3, -0.25) is 9.59 Å². The molecule has 0 bridgehead atoms. The first-order chi connectivity index (χ1) is 19.7. The number of methoxy groups -OCH3 is 1. The van der Waals surface area contributed by atoms with E-state index in [4.69, 9.17) is 19.3 Å². The van der Waals surface area contributed by atoms with Gasteiger partial charge in [-0.05, 0) is 74.0 Å². The molecule has 2 N–H and O–H groups in total. The van der Waals surface area contributed by atoms with Crippen LogP contribution >= 0.6 is 0 Å². The molecule has 1 aliphatic rings. The van der Waals surface area contributed by atoms with Crippen LogP contribution in [0.25, 0.3) is 6.08 Å². The second kappa shape index (κ2) is 12.6. The predicted molar refractivity (Wildman–Crippen MR) is 151 cm³/mol. The van der Waals surface area contributed by atoms with Crippen molar-refractivity contribution in [2.45, 2.75) is 13.8 Å². The molecule has 0 unspecified atom stereocenters. The number of hydrogen-bond acceptors (Lipinski definition) is 8. The third-order valence-corrected chi connectivity index (χ3v) is 5.97.